The van der Waals surface area contributed by atoms with Crippen LogP contribution in [0.4, 0.5) is 5.69 Å². The second kappa shape index (κ2) is 6.33. The van der Waals surface area contributed by atoms with Crippen molar-refractivity contribution in [2.45, 2.75) is 32.6 Å². The van der Waals surface area contributed by atoms with E-state index >= 15 is 0 Å². The van der Waals surface area contributed by atoms with Crippen molar-refractivity contribution in [3.63, 3.8) is 0 Å². The van der Waals surface area contributed by atoms with Crippen LogP contribution in [0.2, 0.25) is 0 Å². The van der Waals surface area contributed by atoms with Crippen LogP contribution in [0.3, 0.4) is 0 Å². The highest BCUT2D eigenvalue weighted by Gasteiger charge is 2.52. The molecule has 21 heavy (non-hydrogen) atoms. The number of carbonyl (C=O) groups excluding carboxylic acids is 1. The van der Waals surface area contributed by atoms with Crippen molar-refractivity contribution in [1.29, 1.82) is 0 Å². The van der Waals surface area contributed by atoms with Gasteiger partial charge in [-0.1, -0.05) is 18.6 Å². The van der Waals surface area contributed by atoms with Crippen molar-refractivity contribution in [3.05, 3.63) is 36.4 Å². The molecule has 1 amide bonds. The molecule has 0 radical (unpaired) electrons. The molecule has 1 fully saturated rings. The van der Waals surface area contributed by atoms with Gasteiger partial charge in [-0.3, -0.25) is 4.79 Å². The van der Waals surface area contributed by atoms with E-state index in [4.69, 9.17) is 4.74 Å². The van der Waals surface area contributed by atoms with Crippen LogP contribution in [-0.4, -0.2) is 12.5 Å². The SMILES string of the molecule is CCOc1ccc(NC(=O)[C@H]2[C@H]3C=CCCCC[C@H]32)cc1. The molecular formula is C18H23NO2. The molecular weight excluding hydrogens is 262 g/mol. The van der Waals surface area contributed by atoms with Gasteiger partial charge in [0.15, 0.2) is 0 Å². The van der Waals surface area contributed by atoms with Crippen LogP contribution >= 0.6 is 0 Å². The lowest BCUT2D eigenvalue weighted by Crippen LogP contribution is -2.15. The molecule has 1 aromatic carbocycles. The van der Waals surface area contributed by atoms with Crippen molar-refractivity contribution >= 4 is 11.6 Å². The topological polar surface area (TPSA) is 38.3 Å². The van der Waals surface area contributed by atoms with Gasteiger partial charge in [0.05, 0.1) is 6.61 Å². The summed E-state index contributed by atoms with van der Waals surface area (Å²) < 4.78 is 5.41. The van der Waals surface area contributed by atoms with E-state index in [2.05, 4.69) is 17.5 Å². The highest BCUT2D eigenvalue weighted by atomic mass is 16.5. The van der Waals surface area contributed by atoms with Crippen LogP contribution < -0.4 is 10.1 Å². The molecule has 1 aromatic rings. The van der Waals surface area contributed by atoms with E-state index < -0.39 is 0 Å². The zero-order chi connectivity index (χ0) is 14.7. The van der Waals surface area contributed by atoms with Crippen LogP contribution in [0.25, 0.3) is 0 Å². The number of nitrogens with one attached hydrogen (secondary N) is 1. The average molecular weight is 285 g/mol. The van der Waals surface area contributed by atoms with Crippen molar-refractivity contribution in [1.82, 2.24) is 0 Å². The fraction of sp³-hybridized carbons (Fsp3) is 0.500. The third kappa shape index (κ3) is 3.29. The maximum atomic E-state index is 12.4. The Morgan fingerprint density at radius 3 is 2.86 bits per heavy atom. The molecule has 0 unspecified atom stereocenters. The third-order valence-electron chi connectivity index (χ3n) is 4.48. The summed E-state index contributed by atoms with van der Waals surface area (Å²) in [4.78, 5) is 12.4. The minimum atomic E-state index is 0.167. The summed E-state index contributed by atoms with van der Waals surface area (Å²) in [6, 6.07) is 7.61. The Kier molecular flexibility index (Phi) is 4.28. The number of rotatable bonds is 4. The Bertz CT molecular complexity index is 521. The largest absolute Gasteiger partial charge is 0.494 e. The van der Waals surface area contributed by atoms with Gasteiger partial charge >= 0.3 is 0 Å². The van der Waals surface area contributed by atoms with Crippen LogP contribution in [-0.2, 0) is 4.79 Å². The quantitative estimate of drug-likeness (QED) is 0.849. The summed E-state index contributed by atoms with van der Waals surface area (Å²) in [5, 5.41) is 3.04. The molecule has 1 N–H and O–H groups in total. The second-order valence-corrected chi connectivity index (χ2v) is 5.93. The van der Waals surface area contributed by atoms with E-state index in [1.165, 1.54) is 19.3 Å². The van der Waals surface area contributed by atoms with Crippen molar-refractivity contribution in [2.75, 3.05) is 11.9 Å². The van der Waals surface area contributed by atoms with Gasteiger partial charge in [-0.25, -0.2) is 0 Å². The zero-order valence-corrected chi connectivity index (χ0v) is 12.5. The number of fused-ring (bicyclic) bond motifs is 1. The standard InChI is InChI=1S/C18H23NO2/c1-2-21-14-11-9-13(10-12-14)19-18(20)17-15-7-5-3-4-6-8-16(15)17/h5,7,9-12,15-17H,2-4,6,8H2,1H3,(H,19,20)/t15-,16+,17-/m0/s1. The van der Waals surface area contributed by atoms with E-state index in [1.54, 1.807) is 0 Å². The van der Waals surface area contributed by atoms with Crippen molar-refractivity contribution in [2.24, 2.45) is 17.8 Å². The molecule has 0 aliphatic heterocycles. The van der Waals surface area contributed by atoms with Gasteiger partial charge in [-0.15, -0.1) is 0 Å². The van der Waals surface area contributed by atoms with Crippen molar-refractivity contribution in [3.8, 4) is 5.75 Å². The third-order valence-corrected chi connectivity index (χ3v) is 4.48. The van der Waals surface area contributed by atoms with Crippen molar-refractivity contribution < 1.29 is 9.53 Å². The fourth-order valence-corrected chi connectivity index (χ4v) is 3.33. The number of hydrogen-bond acceptors (Lipinski definition) is 2. The van der Waals surface area contributed by atoms with Gasteiger partial charge in [0, 0.05) is 11.6 Å². The lowest BCUT2D eigenvalue weighted by Gasteiger charge is -2.07. The predicted octanol–water partition coefficient (Wildman–Crippen LogP) is 4.02. The molecule has 2 aliphatic rings. The molecule has 112 valence electrons. The highest BCUT2D eigenvalue weighted by Crippen LogP contribution is 2.51. The molecule has 0 aromatic heterocycles. The van der Waals surface area contributed by atoms with E-state index in [1.807, 2.05) is 31.2 Å². The Morgan fingerprint density at radius 1 is 1.29 bits per heavy atom. The number of amides is 1. The van der Waals surface area contributed by atoms with Crippen LogP contribution in [0.15, 0.2) is 36.4 Å². The second-order valence-electron chi connectivity index (χ2n) is 5.93. The lowest BCUT2D eigenvalue weighted by atomic mass is 10.1. The zero-order valence-electron chi connectivity index (χ0n) is 12.5. The normalized spacial score (nSPS) is 27.2. The van der Waals surface area contributed by atoms with Crippen LogP contribution in [0.5, 0.6) is 5.75 Å². The van der Waals surface area contributed by atoms with Gasteiger partial charge in [0.2, 0.25) is 5.91 Å². The molecule has 3 rings (SSSR count). The summed E-state index contributed by atoms with van der Waals surface area (Å²) in [6.07, 6.45) is 9.37. The minimum absolute atomic E-state index is 0.167. The minimum Gasteiger partial charge on any atom is -0.494 e. The van der Waals surface area contributed by atoms with Gasteiger partial charge < -0.3 is 10.1 Å². The Labute approximate surface area is 126 Å². The molecule has 0 heterocycles. The van der Waals surface area contributed by atoms with Crippen LogP contribution in [0.1, 0.15) is 32.6 Å². The lowest BCUT2D eigenvalue weighted by molar-refractivity contribution is -0.117. The number of benzene rings is 1. The summed E-state index contributed by atoms with van der Waals surface area (Å²) in [7, 11) is 0. The Hall–Kier alpha value is -1.77. The molecule has 3 nitrogen and oxygen atoms in total. The van der Waals surface area contributed by atoms with Gasteiger partial charge in [-0.2, -0.15) is 0 Å². The molecule has 0 saturated heterocycles. The summed E-state index contributed by atoms with van der Waals surface area (Å²) >= 11 is 0. The first-order chi connectivity index (χ1) is 10.3. The molecule has 1 saturated carbocycles. The smallest absolute Gasteiger partial charge is 0.228 e. The number of anilines is 1. The Morgan fingerprint density at radius 2 is 2.10 bits per heavy atom. The van der Waals surface area contributed by atoms with E-state index in [0.717, 1.165) is 17.9 Å². The average Bonchev–Trinajstić information content (AvgIpc) is 3.12. The van der Waals surface area contributed by atoms with Crippen LogP contribution in [0, 0.1) is 17.8 Å². The number of carbonyl (C=O) groups is 1. The number of allylic oxidation sites excluding steroid dienone is 2. The number of hydrogen-bond donors (Lipinski definition) is 1. The van der Waals surface area contributed by atoms with E-state index in [0.29, 0.717) is 18.4 Å². The van der Waals surface area contributed by atoms with E-state index in [-0.39, 0.29) is 11.8 Å². The summed E-state index contributed by atoms with van der Waals surface area (Å²) in [5.41, 5.74) is 0.853. The predicted molar refractivity (Wildman–Crippen MR) is 84.3 cm³/mol. The molecule has 0 bridgehead atoms. The fourth-order valence-electron chi connectivity index (χ4n) is 3.33. The molecule has 3 atom stereocenters. The molecule has 2 aliphatic carbocycles. The van der Waals surface area contributed by atoms with Gasteiger partial charge in [-0.05, 0) is 62.3 Å². The number of ether oxygens (including phenoxy) is 1. The Balaban J connectivity index is 1.59. The highest BCUT2D eigenvalue weighted by molar-refractivity contribution is 5.95. The first-order valence-electron chi connectivity index (χ1n) is 8.00. The maximum absolute atomic E-state index is 12.4. The summed E-state index contributed by atoms with van der Waals surface area (Å²) in [5.74, 6) is 2.20. The first-order valence-corrected chi connectivity index (χ1v) is 8.00. The van der Waals surface area contributed by atoms with Gasteiger partial charge in [0.1, 0.15) is 5.75 Å². The first kappa shape index (κ1) is 14.2. The maximum Gasteiger partial charge on any atom is 0.228 e. The van der Waals surface area contributed by atoms with E-state index in [9.17, 15) is 4.79 Å². The summed E-state index contributed by atoms with van der Waals surface area (Å²) in [6.45, 7) is 2.62. The monoisotopic (exact) mass is 285 g/mol. The molecule has 3 heteroatoms. The van der Waals surface area contributed by atoms with Gasteiger partial charge in [0.25, 0.3) is 0 Å². The molecule has 0 spiro atoms.